The summed E-state index contributed by atoms with van der Waals surface area (Å²) < 4.78 is 5.78. The van der Waals surface area contributed by atoms with Crippen LogP contribution in [-0.2, 0) is 0 Å². The van der Waals surface area contributed by atoms with Crippen LogP contribution in [0.5, 0.6) is 0 Å². The Kier molecular flexibility index (Phi) is 3.01. The highest BCUT2D eigenvalue weighted by Crippen LogP contribution is 2.28. The summed E-state index contributed by atoms with van der Waals surface area (Å²) >= 11 is 5.96. The van der Waals surface area contributed by atoms with E-state index in [9.17, 15) is 0 Å². The smallest absolute Gasteiger partial charge is 0.134 e. The predicted octanol–water partition coefficient (Wildman–Crippen LogP) is 3.84. The minimum atomic E-state index is -0.298. The molecule has 1 aromatic carbocycles. The summed E-state index contributed by atoms with van der Waals surface area (Å²) in [5.74, 6) is 0.725. The van der Waals surface area contributed by atoms with Crippen LogP contribution in [-0.4, -0.2) is 4.98 Å². The van der Waals surface area contributed by atoms with Gasteiger partial charge in [-0.2, -0.15) is 0 Å². The predicted molar refractivity (Wildman–Crippen MR) is 76.2 cm³/mol. The van der Waals surface area contributed by atoms with Crippen LogP contribution < -0.4 is 5.73 Å². The van der Waals surface area contributed by atoms with Crippen LogP contribution in [0, 0.1) is 6.92 Å². The van der Waals surface area contributed by atoms with Gasteiger partial charge in [0.05, 0.1) is 6.04 Å². The van der Waals surface area contributed by atoms with Crippen molar-refractivity contribution in [2.75, 3.05) is 0 Å². The molecule has 2 N–H and O–H groups in total. The van der Waals surface area contributed by atoms with Crippen molar-refractivity contribution in [3.8, 4) is 0 Å². The molecule has 96 valence electrons. The van der Waals surface area contributed by atoms with Gasteiger partial charge in [0.1, 0.15) is 11.3 Å². The first-order valence-electron chi connectivity index (χ1n) is 6.00. The highest BCUT2D eigenvalue weighted by atomic mass is 35.5. The third-order valence-electron chi connectivity index (χ3n) is 3.08. The van der Waals surface area contributed by atoms with Gasteiger partial charge in [0.2, 0.25) is 0 Å². The van der Waals surface area contributed by atoms with Crippen molar-refractivity contribution in [3.05, 3.63) is 64.6 Å². The monoisotopic (exact) mass is 272 g/mol. The van der Waals surface area contributed by atoms with Crippen LogP contribution in [0.2, 0.25) is 5.02 Å². The Morgan fingerprint density at radius 1 is 1.21 bits per heavy atom. The second kappa shape index (κ2) is 4.68. The lowest BCUT2D eigenvalue weighted by molar-refractivity contribution is 0.525. The molecule has 3 aromatic rings. The van der Waals surface area contributed by atoms with Gasteiger partial charge in [0.25, 0.3) is 0 Å². The molecule has 0 radical (unpaired) electrons. The fourth-order valence-corrected chi connectivity index (χ4v) is 2.29. The quantitative estimate of drug-likeness (QED) is 0.771. The summed E-state index contributed by atoms with van der Waals surface area (Å²) in [6.45, 7) is 1.94. The van der Waals surface area contributed by atoms with Crippen LogP contribution in [0.3, 0.4) is 0 Å². The van der Waals surface area contributed by atoms with Crippen molar-refractivity contribution in [1.82, 2.24) is 4.98 Å². The molecule has 0 fully saturated rings. The molecule has 0 aliphatic carbocycles. The van der Waals surface area contributed by atoms with Crippen molar-refractivity contribution in [3.63, 3.8) is 0 Å². The van der Waals surface area contributed by atoms with E-state index >= 15 is 0 Å². The Morgan fingerprint density at radius 2 is 2.05 bits per heavy atom. The zero-order chi connectivity index (χ0) is 13.4. The van der Waals surface area contributed by atoms with Crippen LogP contribution in [0.4, 0.5) is 0 Å². The van der Waals surface area contributed by atoms with E-state index in [1.165, 1.54) is 0 Å². The van der Waals surface area contributed by atoms with Crippen molar-refractivity contribution in [2.45, 2.75) is 13.0 Å². The van der Waals surface area contributed by atoms with Crippen molar-refractivity contribution < 1.29 is 4.42 Å². The van der Waals surface area contributed by atoms with Gasteiger partial charge in [-0.25, -0.2) is 0 Å². The number of halogens is 1. The molecule has 4 heteroatoms. The van der Waals surface area contributed by atoms with Crippen LogP contribution in [0.1, 0.15) is 23.1 Å². The molecule has 19 heavy (non-hydrogen) atoms. The molecule has 3 nitrogen and oxygen atoms in total. The molecular weight excluding hydrogens is 260 g/mol. The van der Waals surface area contributed by atoms with Gasteiger partial charge >= 0.3 is 0 Å². The number of aromatic nitrogens is 1. The summed E-state index contributed by atoms with van der Waals surface area (Å²) in [7, 11) is 0. The normalized spacial score (nSPS) is 12.8. The molecule has 0 aliphatic heterocycles. The first kappa shape index (κ1) is 12.2. The Balaban J connectivity index is 2.04. The topological polar surface area (TPSA) is 52.0 Å². The number of nitrogens with two attached hydrogens (primary N) is 1. The third-order valence-corrected chi connectivity index (χ3v) is 3.32. The van der Waals surface area contributed by atoms with Gasteiger partial charge in [0, 0.05) is 22.3 Å². The number of rotatable bonds is 2. The number of aryl methyl sites for hydroxylation is 1. The Bertz CT molecular complexity index is 736. The summed E-state index contributed by atoms with van der Waals surface area (Å²) in [4.78, 5) is 4.17. The van der Waals surface area contributed by atoms with Crippen LogP contribution >= 0.6 is 11.6 Å². The van der Waals surface area contributed by atoms with E-state index in [0.717, 1.165) is 28.0 Å². The molecule has 3 rings (SSSR count). The van der Waals surface area contributed by atoms with Crippen LogP contribution in [0.25, 0.3) is 11.0 Å². The van der Waals surface area contributed by atoms with E-state index in [0.29, 0.717) is 5.02 Å². The number of nitrogens with zero attached hydrogens (tertiary/aromatic N) is 1. The zero-order valence-electron chi connectivity index (χ0n) is 10.4. The van der Waals surface area contributed by atoms with Gasteiger partial charge in [-0.15, -0.1) is 0 Å². The maximum atomic E-state index is 6.23. The van der Waals surface area contributed by atoms with Crippen molar-refractivity contribution in [1.29, 1.82) is 0 Å². The SMILES string of the molecule is Cc1cc(C(N)c2cc3cc(Cl)ccc3o2)ccn1. The van der Waals surface area contributed by atoms with E-state index < -0.39 is 0 Å². The maximum Gasteiger partial charge on any atom is 0.134 e. The number of benzene rings is 1. The largest absolute Gasteiger partial charge is 0.459 e. The Labute approximate surface area is 116 Å². The van der Waals surface area contributed by atoms with E-state index in [4.69, 9.17) is 21.8 Å². The van der Waals surface area contributed by atoms with E-state index in [-0.39, 0.29) is 6.04 Å². The number of furan rings is 1. The number of hydrogen-bond acceptors (Lipinski definition) is 3. The van der Waals surface area contributed by atoms with E-state index in [1.807, 2.05) is 37.3 Å². The van der Waals surface area contributed by atoms with Crippen molar-refractivity contribution >= 4 is 22.6 Å². The Morgan fingerprint density at radius 3 is 2.84 bits per heavy atom. The molecule has 0 amide bonds. The molecule has 2 heterocycles. The standard InChI is InChI=1S/C15H13ClN2O/c1-9-6-10(4-5-18-9)15(17)14-8-11-7-12(16)2-3-13(11)19-14/h2-8,15H,17H2,1H3. The van der Waals surface area contributed by atoms with Gasteiger partial charge in [-0.3, -0.25) is 4.98 Å². The first-order valence-corrected chi connectivity index (χ1v) is 6.38. The summed E-state index contributed by atoms with van der Waals surface area (Å²) in [6.07, 6.45) is 1.75. The lowest BCUT2D eigenvalue weighted by atomic mass is 10.1. The Hall–Kier alpha value is -1.84. The second-order valence-electron chi connectivity index (χ2n) is 4.54. The molecule has 0 spiro atoms. The second-order valence-corrected chi connectivity index (χ2v) is 4.98. The molecule has 0 saturated carbocycles. The molecule has 0 bridgehead atoms. The van der Waals surface area contributed by atoms with E-state index in [1.54, 1.807) is 12.3 Å². The molecule has 0 saturated heterocycles. The van der Waals surface area contributed by atoms with Gasteiger partial charge in [-0.1, -0.05) is 11.6 Å². The lowest BCUT2D eigenvalue weighted by Crippen LogP contribution is -2.11. The fraction of sp³-hybridized carbons (Fsp3) is 0.133. The summed E-state index contributed by atoms with van der Waals surface area (Å²) in [5.41, 5.74) is 8.95. The average Bonchev–Trinajstić information content (AvgIpc) is 2.80. The summed E-state index contributed by atoms with van der Waals surface area (Å²) in [6, 6.07) is 11.0. The first-order chi connectivity index (χ1) is 9.13. The molecular formula is C15H13ClN2O. The third kappa shape index (κ3) is 2.35. The van der Waals surface area contributed by atoms with Crippen LogP contribution in [0.15, 0.2) is 47.0 Å². The molecule has 1 atom stereocenters. The fourth-order valence-electron chi connectivity index (χ4n) is 2.11. The minimum Gasteiger partial charge on any atom is -0.459 e. The van der Waals surface area contributed by atoms with Gasteiger partial charge in [0.15, 0.2) is 0 Å². The van der Waals surface area contributed by atoms with E-state index in [2.05, 4.69) is 4.98 Å². The molecule has 2 aromatic heterocycles. The highest BCUT2D eigenvalue weighted by molar-refractivity contribution is 6.31. The summed E-state index contributed by atoms with van der Waals surface area (Å²) in [5, 5.41) is 1.65. The highest BCUT2D eigenvalue weighted by Gasteiger charge is 2.14. The van der Waals surface area contributed by atoms with Gasteiger partial charge < -0.3 is 10.2 Å². The molecule has 0 aliphatic rings. The lowest BCUT2D eigenvalue weighted by Gasteiger charge is -2.09. The van der Waals surface area contributed by atoms with Gasteiger partial charge in [-0.05, 0) is 48.9 Å². The minimum absolute atomic E-state index is 0.298. The number of hydrogen-bond donors (Lipinski definition) is 1. The average molecular weight is 273 g/mol. The van der Waals surface area contributed by atoms with Crippen molar-refractivity contribution in [2.24, 2.45) is 5.73 Å². The number of fused-ring (bicyclic) bond motifs is 1. The number of pyridine rings is 1. The zero-order valence-corrected chi connectivity index (χ0v) is 11.2. The molecule has 1 unspecified atom stereocenters. The maximum absolute atomic E-state index is 6.23.